The molecule has 91 heavy (non-hydrogen) atoms. The van der Waals surface area contributed by atoms with Crippen LogP contribution in [-0.2, 0) is 70.1 Å². The molecule has 25 heteroatoms. The second kappa shape index (κ2) is 31.7. The number of fused-ring (bicyclic) bond motifs is 5. The summed E-state index contributed by atoms with van der Waals surface area (Å²) < 4.78 is 29.8. The summed E-state index contributed by atoms with van der Waals surface area (Å²) in [6.45, 7) is 12.4. The van der Waals surface area contributed by atoms with Crippen molar-refractivity contribution in [1.29, 1.82) is 0 Å². The van der Waals surface area contributed by atoms with E-state index in [0.29, 0.717) is 37.1 Å². The van der Waals surface area contributed by atoms with Crippen LogP contribution in [0.4, 0.5) is 10.5 Å². The van der Waals surface area contributed by atoms with Crippen LogP contribution in [0.1, 0.15) is 151 Å². The molecule has 2 aromatic carbocycles. The third kappa shape index (κ3) is 18.2. The number of likely N-dealkylation sites (tertiary alicyclic amines) is 1. The summed E-state index contributed by atoms with van der Waals surface area (Å²) in [5, 5.41) is 20.0. The standard InChI is InChI=1S/C66H90ClN7O17/c1-36(2)45(32-44(75)19-14-13-15-25-74-55(78)27-38(4)61(74)82)60(81)71-47(20-17-24-70-64(68)85)49(76)31-42-22-23-43(30-46(42)59(80)69-8)62(83)72(9)40(6)63(84)90-53-33-54(77)73(10)48-28-41(29-50(87-11)57(48)67)26-37(3)18-16-21-52(88-12)66(86)34-51(89-56(79)35-66)39(5)58-65(53,7)91-58/h16,18,21-23,28-30,36,38-40,45,47,51-53,58,86H,13-15,17,19-20,24-27,31-35H2,1-12H3,(H,69,80)(H,71,81)(H3,68,70,85)/b21-16+,37-18+/t38?,39-,40+,45+,47+,51+,52-,53+,58+,65+,66-/m1/s1. The van der Waals surface area contributed by atoms with E-state index >= 15 is 0 Å². The van der Waals surface area contributed by atoms with Gasteiger partial charge in [0.25, 0.3) is 11.8 Å². The number of likely N-dealkylation sites (N-methyl/N-ethyl adjacent to an activating group) is 1. The van der Waals surface area contributed by atoms with Crippen LogP contribution in [-0.4, -0.2) is 176 Å². The first kappa shape index (κ1) is 72.5. The van der Waals surface area contributed by atoms with E-state index in [4.69, 9.17) is 41.0 Å². The number of carbonyl (C=O) groups is 11. The molecule has 24 nitrogen and oxygen atoms in total. The SMILES string of the molecule is CNC(=O)c1cc(C(=O)N(C)[C@@H](C)C(=O)O[C@H]2CC(=O)N(C)c3cc(cc(OC)c3Cl)C/C(C)=C/C=C/[C@@H](OC)[C@]3(O)CC(=O)O[C@@H](C3)[C@@H](C)[C@@H]3O[C@@]23C)ccc1CC(=O)[C@H](CCCNC(N)=O)NC(=O)[C@@H](CC(=O)CCCCCN1C(=O)CC(C)C1=O)C(C)C. The van der Waals surface area contributed by atoms with Gasteiger partial charge in [0.15, 0.2) is 5.78 Å². The molecule has 8 amide bonds. The number of unbranched alkanes of at least 4 members (excludes halogenated alkanes) is 2. The average Bonchev–Trinajstić information content (AvgIpc) is 1.59. The number of amides is 8. The number of imide groups is 1. The number of halogens is 1. The van der Waals surface area contributed by atoms with Gasteiger partial charge in [-0.2, -0.15) is 0 Å². The Balaban J connectivity index is 1.20. The molecule has 4 aliphatic rings. The zero-order chi connectivity index (χ0) is 67.4. The number of carbonyl (C=O) groups excluding carboxylic acids is 11. The van der Waals surface area contributed by atoms with Crippen LogP contribution in [0.5, 0.6) is 5.75 Å². The normalized spacial score (nSPS) is 25.4. The summed E-state index contributed by atoms with van der Waals surface area (Å²) in [6, 6.07) is 4.29. The van der Waals surface area contributed by atoms with Gasteiger partial charge in [-0.25, -0.2) is 9.59 Å². The fraction of sp³-hybridized carbons (Fsp3) is 0.591. The Hall–Kier alpha value is -7.54. The summed E-state index contributed by atoms with van der Waals surface area (Å²) in [6.07, 6.45) is 2.51. The number of allylic oxidation sites excluding steroid dienone is 3. The maximum atomic E-state index is 14.6. The Bertz CT molecular complexity index is 3170. The zero-order valence-corrected chi connectivity index (χ0v) is 55.0. The van der Waals surface area contributed by atoms with Gasteiger partial charge in [0.1, 0.15) is 52.1 Å². The number of methoxy groups -OCH3 is 2. The number of rotatable bonds is 25. The predicted molar refractivity (Wildman–Crippen MR) is 336 cm³/mol. The fourth-order valence-electron chi connectivity index (χ4n) is 12.1. The molecule has 4 aliphatic heterocycles. The summed E-state index contributed by atoms with van der Waals surface area (Å²) in [5.41, 5.74) is 4.20. The minimum atomic E-state index is -1.69. The molecule has 2 aromatic rings. The van der Waals surface area contributed by atoms with Crippen LogP contribution < -0.4 is 31.3 Å². The first-order valence-corrected chi connectivity index (χ1v) is 31.4. The quantitative estimate of drug-likeness (QED) is 0.0346. The number of primary amides is 1. The highest BCUT2D eigenvalue weighted by atomic mass is 35.5. The number of anilines is 1. The van der Waals surface area contributed by atoms with E-state index < -0.39 is 120 Å². The van der Waals surface area contributed by atoms with Crippen LogP contribution in [0.15, 0.2) is 54.1 Å². The number of nitrogens with one attached hydrogen (secondary N) is 3. The summed E-state index contributed by atoms with van der Waals surface area (Å²) in [4.78, 5) is 152. The largest absolute Gasteiger partial charge is 0.495 e. The summed E-state index contributed by atoms with van der Waals surface area (Å²) in [7, 11) is 7.11. The number of aliphatic hydroxyl groups is 1. The second-order valence-corrected chi connectivity index (χ2v) is 25.5. The van der Waals surface area contributed by atoms with Crippen molar-refractivity contribution < 1.29 is 81.5 Å². The monoisotopic (exact) mass is 1290 g/mol. The first-order chi connectivity index (χ1) is 42.9. The molecule has 0 aromatic heterocycles. The molecule has 4 bridgehead atoms. The van der Waals surface area contributed by atoms with Crippen LogP contribution in [0.3, 0.4) is 0 Å². The van der Waals surface area contributed by atoms with Gasteiger partial charge in [-0.3, -0.25) is 48.1 Å². The number of hydrogen-bond acceptors (Lipinski definition) is 17. The molecular weight excluding hydrogens is 1200 g/mol. The van der Waals surface area contributed by atoms with Crippen molar-refractivity contribution >= 4 is 82.3 Å². The molecule has 3 saturated heterocycles. The Kier molecular flexibility index (Phi) is 25.2. The molecule has 11 atom stereocenters. The average molecular weight is 1290 g/mol. The van der Waals surface area contributed by atoms with Crippen molar-refractivity contribution in [1.82, 2.24) is 25.8 Å². The minimum Gasteiger partial charge on any atom is -0.495 e. The maximum absolute atomic E-state index is 14.6. The highest BCUT2D eigenvalue weighted by Crippen LogP contribution is 2.50. The van der Waals surface area contributed by atoms with E-state index in [-0.39, 0.29) is 109 Å². The molecular formula is C66H90ClN7O17. The molecule has 498 valence electrons. The third-order valence-electron chi connectivity index (χ3n) is 18.0. The van der Waals surface area contributed by atoms with E-state index in [2.05, 4.69) is 16.0 Å². The van der Waals surface area contributed by atoms with E-state index in [9.17, 15) is 57.8 Å². The number of urea groups is 1. The number of esters is 2. The van der Waals surface area contributed by atoms with Crippen molar-refractivity contribution in [3.63, 3.8) is 0 Å². The molecule has 6 rings (SSSR count). The Morgan fingerprint density at radius 3 is 2.32 bits per heavy atom. The Morgan fingerprint density at radius 1 is 0.967 bits per heavy atom. The second-order valence-electron chi connectivity index (χ2n) is 25.1. The molecule has 3 fully saturated rings. The molecule has 4 heterocycles. The van der Waals surface area contributed by atoms with E-state index in [1.54, 1.807) is 58.9 Å². The predicted octanol–water partition coefficient (Wildman–Crippen LogP) is 5.67. The lowest BCUT2D eigenvalue weighted by molar-refractivity contribution is -0.187. The Morgan fingerprint density at radius 2 is 1.68 bits per heavy atom. The van der Waals surface area contributed by atoms with Gasteiger partial charge in [-0.15, -0.1) is 0 Å². The van der Waals surface area contributed by atoms with Crippen molar-refractivity contribution in [2.45, 2.75) is 180 Å². The fourth-order valence-corrected chi connectivity index (χ4v) is 12.4. The number of Topliss-reactive ketones (excluding diaryl/α,β-unsaturated/α-hetero) is 2. The van der Waals surface area contributed by atoms with Crippen molar-refractivity contribution in [2.75, 3.05) is 53.4 Å². The van der Waals surface area contributed by atoms with Crippen molar-refractivity contribution in [3.05, 3.63) is 81.4 Å². The van der Waals surface area contributed by atoms with Crippen LogP contribution in [0.2, 0.25) is 5.02 Å². The Labute approximate surface area is 537 Å². The van der Waals surface area contributed by atoms with Gasteiger partial charge in [-0.05, 0) is 94.2 Å². The van der Waals surface area contributed by atoms with Crippen LogP contribution in [0, 0.1) is 23.7 Å². The van der Waals surface area contributed by atoms with E-state index in [1.165, 1.54) is 70.3 Å². The van der Waals surface area contributed by atoms with Gasteiger partial charge >= 0.3 is 18.0 Å². The molecule has 1 unspecified atom stereocenters. The van der Waals surface area contributed by atoms with Crippen molar-refractivity contribution in [3.8, 4) is 5.75 Å². The highest BCUT2D eigenvalue weighted by molar-refractivity contribution is 6.35. The van der Waals surface area contributed by atoms with Crippen LogP contribution in [0.25, 0.3) is 0 Å². The molecule has 0 saturated carbocycles. The zero-order valence-electron chi connectivity index (χ0n) is 54.3. The van der Waals surface area contributed by atoms with Crippen LogP contribution >= 0.6 is 11.6 Å². The van der Waals surface area contributed by atoms with Gasteiger partial charge in [-0.1, -0.05) is 75.6 Å². The van der Waals surface area contributed by atoms with Gasteiger partial charge in [0, 0.05) is 102 Å². The highest BCUT2D eigenvalue weighted by Gasteiger charge is 2.64. The topological polar surface area (TPSA) is 329 Å². The lowest BCUT2D eigenvalue weighted by atomic mass is 9.78. The summed E-state index contributed by atoms with van der Waals surface area (Å²) in [5.74, 6) is -7.01. The van der Waals surface area contributed by atoms with Gasteiger partial charge < -0.3 is 60.3 Å². The molecule has 0 radical (unpaired) electrons. The first-order valence-electron chi connectivity index (χ1n) is 31.0. The molecule has 0 aliphatic carbocycles. The van der Waals surface area contributed by atoms with E-state index in [1.807, 2.05) is 13.0 Å². The number of nitrogens with zero attached hydrogens (tertiary/aromatic N) is 3. The minimum absolute atomic E-state index is 0.0362. The number of ketones is 2. The molecule has 0 spiro atoms. The number of epoxide rings is 1. The molecule has 6 N–H and O–H groups in total. The number of nitrogens with two attached hydrogens (primary N) is 1. The third-order valence-corrected chi connectivity index (χ3v) is 18.4. The van der Waals surface area contributed by atoms with E-state index in [0.717, 1.165) is 16.0 Å². The van der Waals surface area contributed by atoms with Gasteiger partial charge in [0.05, 0.1) is 37.8 Å². The smallest absolute Gasteiger partial charge is 0.328 e. The number of benzene rings is 2. The lowest BCUT2D eigenvalue weighted by Crippen LogP contribution is -2.53. The maximum Gasteiger partial charge on any atom is 0.328 e. The number of hydrogen-bond donors (Lipinski definition) is 5. The summed E-state index contributed by atoms with van der Waals surface area (Å²) >= 11 is 6.87. The lowest BCUT2D eigenvalue weighted by Gasteiger charge is -2.41. The van der Waals surface area contributed by atoms with Crippen molar-refractivity contribution in [2.24, 2.45) is 29.4 Å². The number of ether oxygens (including phenoxy) is 5. The van der Waals surface area contributed by atoms with Gasteiger partial charge in [0.2, 0.25) is 23.6 Å².